The van der Waals surface area contributed by atoms with Crippen LogP contribution in [0.1, 0.15) is 83.7 Å². The predicted octanol–water partition coefficient (Wildman–Crippen LogP) is 4.69. The van der Waals surface area contributed by atoms with E-state index in [1.165, 1.54) is 50.5 Å². The van der Waals surface area contributed by atoms with Crippen molar-refractivity contribution in [1.82, 2.24) is 15.1 Å². The van der Waals surface area contributed by atoms with Gasteiger partial charge in [0.1, 0.15) is 0 Å². The van der Waals surface area contributed by atoms with Crippen LogP contribution in [0.5, 0.6) is 0 Å². The maximum absolute atomic E-state index is 4.50. The normalized spacial score (nSPS) is 12.8. The van der Waals surface area contributed by atoms with Crippen molar-refractivity contribution < 1.29 is 0 Å². The fraction of sp³-hybridized carbons (Fsp3) is 0.824. The molecule has 1 rings (SSSR count). The lowest BCUT2D eigenvalue weighted by molar-refractivity contribution is 0.512. The summed E-state index contributed by atoms with van der Waals surface area (Å²) < 4.78 is 2.12. The van der Waals surface area contributed by atoms with E-state index in [9.17, 15) is 0 Å². The fourth-order valence-corrected chi connectivity index (χ4v) is 2.55. The minimum absolute atomic E-state index is 0.466. The summed E-state index contributed by atoms with van der Waals surface area (Å²) in [6, 6.07) is 0.466. The Hall–Kier alpha value is -0.830. The predicted molar refractivity (Wildman–Crippen MR) is 86.9 cm³/mol. The Morgan fingerprint density at radius 3 is 2.50 bits per heavy atom. The van der Waals surface area contributed by atoms with E-state index in [4.69, 9.17) is 0 Å². The van der Waals surface area contributed by atoms with Crippen LogP contribution >= 0.6 is 0 Å². The fourth-order valence-electron chi connectivity index (χ4n) is 2.55. The number of aromatic nitrogens is 2. The zero-order valence-electron chi connectivity index (χ0n) is 13.7. The van der Waals surface area contributed by atoms with Gasteiger partial charge >= 0.3 is 0 Å². The van der Waals surface area contributed by atoms with Crippen LogP contribution in [0.25, 0.3) is 0 Å². The molecule has 0 aliphatic rings. The topological polar surface area (TPSA) is 29.9 Å². The highest BCUT2D eigenvalue weighted by Gasteiger charge is 2.10. The van der Waals surface area contributed by atoms with Gasteiger partial charge in [0.15, 0.2) is 0 Å². The van der Waals surface area contributed by atoms with E-state index in [1.54, 1.807) is 0 Å². The van der Waals surface area contributed by atoms with Crippen molar-refractivity contribution in [2.24, 2.45) is 0 Å². The number of aryl methyl sites for hydroxylation is 1. The summed E-state index contributed by atoms with van der Waals surface area (Å²) in [4.78, 5) is 0. The molecule has 0 aliphatic carbocycles. The monoisotopic (exact) mass is 279 g/mol. The number of rotatable bonds is 12. The van der Waals surface area contributed by atoms with Crippen LogP contribution in [0, 0.1) is 0 Å². The zero-order chi connectivity index (χ0) is 14.6. The second-order valence-electron chi connectivity index (χ2n) is 5.72. The van der Waals surface area contributed by atoms with Crippen molar-refractivity contribution in [2.75, 3.05) is 6.54 Å². The molecule has 0 fully saturated rings. The molecule has 0 aromatic carbocycles. The number of unbranched alkanes of at least 4 members (excludes halogenated alkanes) is 5. The lowest BCUT2D eigenvalue weighted by atomic mass is 10.1. The van der Waals surface area contributed by atoms with Crippen LogP contribution in [-0.2, 0) is 6.54 Å². The van der Waals surface area contributed by atoms with Crippen molar-refractivity contribution in [3.8, 4) is 0 Å². The Balaban J connectivity index is 2.27. The first-order valence-corrected chi connectivity index (χ1v) is 8.57. The van der Waals surface area contributed by atoms with Gasteiger partial charge in [0, 0.05) is 24.3 Å². The Morgan fingerprint density at radius 2 is 1.80 bits per heavy atom. The third-order valence-electron chi connectivity index (χ3n) is 3.85. The summed E-state index contributed by atoms with van der Waals surface area (Å²) in [6.07, 6.45) is 14.6. The summed E-state index contributed by atoms with van der Waals surface area (Å²) in [5, 5.41) is 8.09. The molecule has 0 bridgehead atoms. The van der Waals surface area contributed by atoms with Crippen molar-refractivity contribution in [3.63, 3.8) is 0 Å². The van der Waals surface area contributed by atoms with Crippen LogP contribution in [0.3, 0.4) is 0 Å². The van der Waals surface area contributed by atoms with Gasteiger partial charge in [-0.05, 0) is 25.8 Å². The molecule has 0 saturated heterocycles. The molecule has 1 aromatic rings. The first-order valence-electron chi connectivity index (χ1n) is 8.57. The number of nitrogens with zero attached hydrogens (tertiary/aromatic N) is 2. The maximum Gasteiger partial charge on any atom is 0.0537 e. The average Bonchev–Trinajstić information content (AvgIpc) is 2.92. The minimum atomic E-state index is 0.466. The quantitative estimate of drug-likeness (QED) is 0.562. The van der Waals surface area contributed by atoms with Gasteiger partial charge in [-0.25, -0.2) is 0 Å². The first-order chi connectivity index (χ1) is 9.81. The van der Waals surface area contributed by atoms with Gasteiger partial charge in [-0.3, -0.25) is 4.68 Å². The number of nitrogens with one attached hydrogen (secondary N) is 1. The van der Waals surface area contributed by atoms with Crippen molar-refractivity contribution in [1.29, 1.82) is 0 Å². The van der Waals surface area contributed by atoms with Gasteiger partial charge in [-0.1, -0.05) is 52.9 Å². The second-order valence-corrected chi connectivity index (χ2v) is 5.72. The molecule has 1 unspecified atom stereocenters. The molecule has 20 heavy (non-hydrogen) atoms. The highest BCUT2D eigenvalue weighted by atomic mass is 15.3. The Bertz CT molecular complexity index is 333. The Labute approximate surface area is 125 Å². The highest BCUT2D eigenvalue weighted by Crippen LogP contribution is 2.16. The summed E-state index contributed by atoms with van der Waals surface area (Å²) in [5.41, 5.74) is 1.34. The second kappa shape index (κ2) is 10.9. The van der Waals surface area contributed by atoms with Crippen LogP contribution in [0.2, 0.25) is 0 Å². The van der Waals surface area contributed by atoms with E-state index in [0.29, 0.717) is 6.04 Å². The summed E-state index contributed by atoms with van der Waals surface area (Å²) >= 11 is 0. The molecule has 3 nitrogen and oxygen atoms in total. The van der Waals surface area contributed by atoms with Gasteiger partial charge in [0.25, 0.3) is 0 Å². The third-order valence-corrected chi connectivity index (χ3v) is 3.85. The average molecular weight is 279 g/mol. The molecular weight excluding hydrogens is 246 g/mol. The molecule has 0 aliphatic heterocycles. The molecule has 1 atom stereocenters. The summed E-state index contributed by atoms with van der Waals surface area (Å²) in [5.74, 6) is 0. The lowest BCUT2D eigenvalue weighted by Crippen LogP contribution is -2.21. The van der Waals surface area contributed by atoms with Gasteiger partial charge in [0.2, 0.25) is 0 Å². The molecule has 0 saturated carbocycles. The SMILES string of the molecule is CCCCCCCCn1cc(C(CC)NCCC)cn1. The van der Waals surface area contributed by atoms with Gasteiger partial charge in [0.05, 0.1) is 6.20 Å². The van der Waals surface area contributed by atoms with Crippen LogP contribution < -0.4 is 5.32 Å². The summed E-state index contributed by atoms with van der Waals surface area (Å²) in [6.45, 7) is 8.86. The zero-order valence-corrected chi connectivity index (χ0v) is 13.7. The third kappa shape index (κ3) is 6.56. The molecule has 1 aromatic heterocycles. The van der Waals surface area contributed by atoms with Crippen molar-refractivity contribution in [3.05, 3.63) is 18.0 Å². The highest BCUT2D eigenvalue weighted by molar-refractivity contribution is 5.10. The molecule has 0 amide bonds. The first kappa shape index (κ1) is 17.2. The Morgan fingerprint density at radius 1 is 1.05 bits per heavy atom. The molecule has 3 heteroatoms. The van der Waals surface area contributed by atoms with E-state index in [0.717, 1.165) is 19.5 Å². The molecule has 1 heterocycles. The van der Waals surface area contributed by atoms with Gasteiger partial charge < -0.3 is 5.32 Å². The number of hydrogen-bond acceptors (Lipinski definition) is 2. The molecular formula is C17H33N3. The molecule has 0 radical (unpaired) electrons. The lowest BCUT2D eigenvalue weighted by Gasteiger charge is -2.14. The van der Waals surface area contributed by atoms with Crippen molar-refractivity contribution >= 4 is 0 Å². The van der Waals surface area contributed by atoms with Crippen LogP contribution in [0.15, 0.2) is 12.4 Å². The van der Waals surface area contributed by atoms with E-state index < -0.39 is 0 Å². The van der Waals surface area contributed by atoms with E-state index in [1.807, 2.05) is 6.20 Å². The summed E-state index contributed by atoms with van der Waals surface area (Å²) in [7, 11) is 0. The maximum atomic E-state index is 4.50. The van der Waals surface area contributed by atoms with Crippen LogP contribution in [0.4, 0.5) is 0 Å². The smallest absolute Gasteiger partial charge is 0.0537 e. The van der Waals surface area contributed by atoms with Crippen molar-refractivity contribution in [2.45, 2.75) is 84.7 Å². The van der Waals surface area contributed by atoms with Gasteiger partial charge in [-0.2, -0.15) is 5.10 Å². The van der Waals surface area contributed by atoms with Gasteiger partial charge in [-0.15, -0.1) is 0 Å². The minimum Gasteiger partial charge on any atom is -0.310 e. The molecule has 1 N–H and O–H groups in total. The van der Waals surface area contributed by atoms with E-state index >= 15 is 0 Å². The molecule has 116 valence electrons. The molecule has 0 spiro atoms. The number of hydrogen-bond donors (Lipinski definition) is 1. The largest absolute Gasteiger partial charge is 0.310 e. The van der Waals surface area contributed by atoms with E-state index in [2.05, 4.69) is 42.1 Å². The standard InChI is InChI=1S/C17H33N3/c1-4-7-8-9-10-11-13-20-15-16(14-19-20)17(6-3)18-12-5-2/h14-15,17-18H,4-13H2,1-3H3. The Kier molecular flexibility index (Phi) is 9.38. The van der Waals surface area contributed by atoms with Crippen LogP contribution in [-0.4, -0.2) is 16.3 Å². The van der Waals surface area contributed by atoms with E-state index in [-0.39, 0.29) is 0 Å².